The first kappa shape index (κ1) is 17.8. The van der Waals surface area contributed by atoms with Crippen molar-refractivity contribution in [2.24, 2.45) is 0 Å². The molecule has 7 heteroatoms. The number of hydrogen-bond donors (Lipinski definition) is 1. The molecule has 0 unspecified atom stereocenters. The molecule has 26 heavy (non-hydrogen) atoms. The number of halogens is 2. The van der Waals surface area contributed by atoms with Crippen LogP contribution in [0.4, 0.5) is 10.1 Å². The van der Waals surface area contributed by atoms with E-state index in [2.05, 4.69) is 15.5 Å². The monoisotopic (exact) mass is 371 g/mol. The van der Waals surface area contributed by atoms with Crippen LogP contribution in [-0.2, 0) is 0 Å². The normalized spacial score (nSPS) is 10.4. The number of rotatable bonds is 5. The molecule has 0 atom stereocenters. The van der Waals surface area contributed by atoms with Gasteiger partial charge in [0.25, 0.3) is 5.91 Å². The fraction of sp³-hybridized carbons (Fsp3) is 0.105. The zero-order chi connectivity index (χ0) is 18.5. The van der Waals surface area contributed by atoms with Gasteiger partial charge < -0.3 is 10.1 Å². The average molecular weight is 372 g/mol. The molecule has 5 nitrogen and oxygen atoms in total. The van der Waals surface area contributed by atoms with E-state index in [0.29, 0.717) is 23.9 Å². The van der Waals surface area contributed by atoms with Gasteiger partial charge in [0.2, 0.25) is 5.88 Å². The summed E-state index contributed by atoms with van der Waals surface area (Å²) in [4.78, 5) is 12.3. The van der Waals surface area contributed by atoms with Crippen LogP contribution in [0, 0.1) is 5.82 Å². The molecule has 0 bridgehead atoms. The van der Waals surface area contributed by atoms with E-state index in [1.165, 1.54) is 18.2 Å². The van der Waals surface area contributed by atoms with E-state index in [1.807, 2.05) is 13.0 Å². The molecular formula is C19H15ClFN3O2. The van der Waals surface area contributed by atoms with Gasteiger partial charge in [0.05, 0.1) is 22.9 Å². The maximum absolute atomic E-state index is 13.9. The largest absolute Gasteiger partial charge is 0.477 e. The summed E-state index contributed by atoms with van der Waals surface area (Å²) in [5.74, 6) is -0.860. The van der Waals surface area contributed by atoms with Gasteiger partial charge in [-0.3, -0.25) is 4.79 Å². The molecule has 0 aliphatic rings. The quantitative estimate of drug-likeness (QED) is 0.712. The number of benzene rings is 2. The van der Waals surface area contributed by atoms with E-state index in [9.17, 15) is 9.18 Å². The third-order valence-corrected chi connectivity index (χ3v) is 3.85. The van der Waals surface area contributed by atoms with Crippen molar-refractivity contribution in [3.63, 3.8) is 0 Å². The van der Waals surface area contributed by atoms with Crippen molar-refractivity contribution in [3.8, 4) is 17.1 Å². The number of nitrogens with one attached hydrogen (secondary N) is 1. The zero-order valence-corrected chi connectivity index (χ0v) is 14.6. The number of carbonyl (C=O) groups is 1. The predicted octanol–water partition coefficient (Wildman–Crippen LogP) is 4.59. The minimum Gasteiger partial charge on any atom is -0.477 e. The molecule has 0 aliphatic heterocycles. The van der Waals surface area contributed by atoms with Crippen LogP contribution in [0.25, 0.3) is 11.3 Å². The third-order valence-electron chi connectivity index (χ3n) is 3.54. The Kier molecular flexibility index (Phi) is 5.43. The van der Waals surface area contributed by atoms with Gasteiger partial charge in [0.15, 0.2) is 0 Å². The summed E-state index contributed by atoms with van der Waals surface area (Å²) >= 11 is 5.93. The molecule has 1 aromatic heterocycles. The molecule has 1 N–H and O–H groups in total. The molecule has 2 aromatic carbocycles. The summed E-state index contributed by atoms with van der Waals surface area (Å²) in [5.41, 5.74) is 1.66. The first-order valence-corrected chi connectivity index (χ1v) is 8.28. The van der Waals surface area contributed by atoms with E-state index in [4.69, 9.17) is 16.3 Å². The van der Waals surface area contributed by atoms with Gasteiger partial charge in [-0.25, -0.2) is 4.39 Å². The van der Waals surface area contributed by atoms with Crippen molar-refractivity contribution < 1.29 is 13.9 Å². The van der Waals surface area contributed by atoms with Crippen molar-refractivity contribution >= 4 is 23.2 Å². The van der Waals surface area contributed by atoms with E-state index >= 15 is 0 Å². The Balaban J connectivity index is 1.82. The first-order valence-electron chi connectivity index (χ1n) is 7.91. The number of ether oxygens (including phenoxy) is 1. The maximum atomic E-state index is 13.9. The van der Waals surface area contributed by atoms with Crippen molar-refractivity contribution in [2.45, 2.75) is 6.92 Å². The second-order valence-electron chi connectivity index (χ2n) is 5.32. The molecule has 0 aliphatic carbocycles. The fourth-order valence-corrected chi connectivity index (χ4v) is 2.61. The van der Waals surface area contributed by atoms with Gasteiger partial charge in [0, 0.05) is 17.3 Å². The minimum absolute atomic E-state index is 0.0519. The van der Waals surface area contributed by atoms with E-state index in [1.54, 1.807) is 30.3 Å². The van der Waals surface area contributed by atoms with Crippen molar-refractivity contribution in [1.82, 2.24) is 10.2 Å². The predicted molar refractivity (Wildman–Crippen MR) is 98.0 cm³/mol. The molecule has 0 spiro atoms. The Bertz CT molecular complexity index is 912. The van der Waals surface area contributed by atoms with Crippen LogP contribution in [-0.4, -0.2) is 22.7 Å². The van der Waals surface area contributed by atoms with E-state index in [0.717, 1.165) is 5.56 Å². The highest BCUT2D eigenvalue weighted by molar-refractivity contribution is 6.34. The molecule has 0 saturated heterocycles. The van der Waals surface area contributed by atoms with Gasteiger partial charge in [-0.2, -0.15) is 0 Å². The fourth-order valence-electron chi connectivity index (χ4n) is 2.36. The minimum atomic E-state index is -0.677. The van der Waals surface area contributed by atoms with Gasteiger partial charge in [-0.1, -0.05) is 29.8 Å². The molecular weight excluding hydrogens is 357 g/mol. The van der Waals surface area contributed by atoms with Gasteiger partial charge in [-0.15, -0.1) is 10.2 Å². The summed E-state index contributed by atoms with van der Waals surface area (Å²) in [7, 11) is 0. The topological polar surface area (TPSA) is 64.1 Å². The summed E-state index contributed by atoms with van der Waals surface area (Å²) in [6, 6.07) is 14.6. The van der Waals surface area contributed by atoms with Crippen LogP contribution in [0.15, 0.2) is 54.6 Å². The Morgan fingerprint density at radius 3 is 2.65 bits per heavy atom. The van der Waals surface area contributed by atoms with Crippen LogP contribution in [0.5, 0.6) is 5.88 Å². The number of hydrogen-bond acceptors (Lipinski definition) is 4. The van der Waals surface area contributed by atoms with Crippen LogP contribution >= 0.6 is 11.6 Å². The SMILES string of the molecule is CCOc1ccc(-c2cccc(NC(=O)c3c(F)cccc3Cl)c2)nn1. The molecule has 3 aromatic rings. The smallest absolute Gasteiger partial charge is 0.260 e. The molecule has 1 heterocycles. The Labute approximate surface area is 154 Å². The lowest BCUT2D eigenvalue weighted by Gasteiger charge is -2.09. The molecule has 0 radical (unpaired) electrons. The highest BCUT2D eigenvalue weighted by Gasteiger charge is 2.16. The molecule has 3 rings (SSSR count). The summed E-state index contributed by atoms with van der Waals surface area (Å²) < 4.78 is 19.1. The van der Waals surface area contributed by atoms with E-state index < -0.39 is 11.7 Å². The van der Waals surface area contributed by atoms with Crippen molar-refractivity contribution in [1.29, 1.82) is 0 Å². The van der Waals surface area contributed by atoms with Crippen LogP contribution in [0.1, 0.15) is 17.3 Å². The average Bonchev–Trinajstić information content (AvgIpc) is 2.63. The molecule has 1 amide bonds. The number of carbonyl (C=O) groups excluding carboxylic acids is 1. The highest BCUT2D eigenvalue weighted by atomic mass is 35.5. The van der Waals surface area contributed by atoms with Crippen LogP contribution < -0.4 is 10.1 Å². The maximum Gasteiger partial charge on any atom is 0.260 e. The molecule has 0 saturated carbocycles. The standard InChI is InChI=1S/C19H15ClFN3O2/c1-2-26-17-10-9-16(23-24-17)12-5-3-6-13(11-12)22-19(25)18-14(20)7-4-8-15(18)21/h3-11H,2H2,1H3,(H,22,25). The molecule has 132 valence electrons. The first-order chi connectivity index (χ1) is 12.6. The van der Waals surface area contributed by atoms with Crippen LogP contribution in [0.2, 0.25) is 5.02 Å². The second kappa shape index (κ2) is 7.93. The lowest BCUT2D eigenvalue weighted by Crippen LogP contribution is -2.14. The lowest BCUT2D eigenvalue weighted by molar-refractivity contribution is 0.102. The summed E-state index contributed by atoms with van der Waals surface area (Å²) in [6.45, 7) is 2.37. The summed E-state index contributed by atoms with van der Waals surface area (Å²) in [5, 5.41) is 10.8. The zero-order valence-electron chi connectivity index (χ0n) is 13.9. The molecule has 0 fully saturated rings. The number of anilines is 1. The highest BCUT2D eigenvalue weighted by Crippen LogP contribution is 2.24. The number of aromatic nitrogens is 2. The van der Waals surface area contributed by atoms with Crippen molar-refractivity contribution in [3.05, 3.63) is 71.0 Å². The Morgan fingerprint density at radius 2 is 1.96 bits per heavy atom. The number of amides is 1. The van der Waals surface area contributed by atoms with Crippen molar-refractivity contribution in [2.75, 3.05) is 11.9 Å². The number of nitrogens with zero attached hydrogens (tertiary/aromatic N) is 2. The van der Waals surface area contributed by atoms with E-state index in [-0.39, 0.29) is 10.6 Å². The second-order valence-corrected chi connectivity index (χ2v) is 5.73. The summed E-state index contributed by atoms with van der Waals surface area (Å²) in [6.07, 6.45) is 0. The lowest BCUT2D eigenvalue weighted by atomic mass is 10.1. The van der Waals surface area contributed by atoms with Gasteiger partial charge in [0.1, 0.15) is 5.82 Å². The Morgan fingerprint density at radius 1 is 1.15 bits per heavy atom. The van der Waals surface area contributed by atoms with Gasteiger partial charge >= 0.3 is 0 Å². The van der Waals surface area contributed by atoms with Gasteiger partial charge in [-0.05, 0) is 37.3 Å². The van der Waals surface area contributed by atoms with Crippen LogP contribution in [0.3, 0.4) is 0 Å². The third kappa shape index (κ3) is 3.97. The Hall–Kier alpha value is -2.99.